The molecule has 0 saturated heterocycles. The molecule has 1 aliphatic carbocycles. The van der Waals surface area contributed by atoms with Gasteiger partial charge in [-0.15, -0.1) is 0 Å². The smallest absolute Gasteiger partial charge is 0.224 e. The number of carbonyl (C=O) groups excluding carboxylic acids is 1. The second-order valence-corrected chi connectivity index (χ2v) is 6.45. The molecule has 0 saturated carbocycles. The molecule has 2 aromatic carbocycles. The fourth-order valence-corrected chi connectivity index (χ4v) is 3.19. The minimum atomic E-state index is 0.110. The molecule has 2 nitrogen and oxygen atoms in total. The second-order valence-electron chi connectivity index (χ2n) is 6.45. The molecule has 0 fully saturated rings. The summed E-state index contributed by atoms with van der Waals surface area (Å²) in [5, 5.41) is 3.04. The maximum absolute atomic E-state index is 12.1. The van der Waals surface area contributed by atoms with Gasteiger partial charge >= 0.3 is 0 Å². The van der Waals surface area contributed by atoms with Gasteiger partial charge in [-0.3, -0.25) is 4.79 Å². The zero-order valence-corrected chi connectivity index (χ0v) is 14.1. The number of allylic oxidation sites excluding steroid dienone is 1. The first-order valence-corrected chi connectivity index (χ1v) is 8.90. The van der Waals surface area contributed by atoms with Gasteiger partial charge in [-0.05, 0) is 48.8 Å². The Hall–Kier alpha value is -2.35. The SMILES string of the molecule is O=C(Cc1ccc(-c2ccccc2)cc1)NCCC1=CCCCC1. The molecule has 2 heteroatoms. The maximum Gasteiger partial charge on any atom is 0.224 e. The fourth-order valence-electron chi connectivity index (χ4n) is 3.19. The standard InChI is InChI=1S/C22H25NO/c24-22(23-16-15-18-7-3-1-4-8-18)17-19-11-13-21(14-12-19)20-9-5-2-6-10-20/h2,5-7,9-14H,1,3-4,8,15-17H2,(H,23,24). The predicted molar refractivity (Wildman–Crippen MR) is 99.8 cm³/mol. The first-order valence-electron chi connectivity index (χ1n) is 8.90. The summed E-state index contributed by atoms with van der Waals surface area (Å²) in [6, 6.07) is 18.6. The maximum atomic E-state index is 12.1. The monoisotopic (exact) mass is 319 g/mol. The molecule has 3 rings (SSSR count). The average Bonchev–Trinajstić information content (AvgIpc) is 2.64. The van der Waals surface area contributed by atoms with Crippen molar-refractivity contribution in [2.45, 2.75) is 38.5 Å². The molecule has 0 heterocycles. The van der Waals surface area contributed by atoms with Gasteiger partial charge in [-0.1, -0.05) is 66.2 Å². The van der Waals surface area contributed by atoms with Crippen molar-refractivity contribution in [1.29, 1.82) is 0 Å². The molecule has 2 aromatic rings. The van der Waals surface area contributed by atoms with Gasteiger partial charge in [0.2, 0.25) is 5.91 Å². The summed E-state index contributed by atoms with van der Waals surface area (Å²) in [5.74, 6) is 0.110. The van der Waals surface area contributed by atoms with Crippen LogP contribution in [-0.4, -0.2) is 12.5 Å². The summed E-state index contributed by atoms with van der Waals surface area (Å²) in [5.41, 5.74) is 4.95. The quantitative estimate of drug-likeness (QED) is 0.754. The second kappa shape index (κ2) is 8.49. The third-order valence-electron chi connectivity index (χ3n) is 4.58. The summed E-state index contributed by atoms with van der Waals surface area (Å²) in [6.07, 6.45) is 8.82. The molecule has 0 aliphatic heterocycles. The third-order valence-corrected chi connectivity index (χ3v) is 4.58. The molecular weight excluding hydrogens is 294 g/mol. The van der Waals surface area contributed by atoms with E-state index in [0.717, 1.165) is 18.5 Å². The largest absolute Gasteiger partial charge is 0.355 e. The lowest BCUT2D eigenvalue weighted by Gasteiger charge is -2.13. The lowest BCUT2D eigenvalue weighted by Crippen LogP contribution is -2.26. The van der Waals surface area contributed by atoms with E-state index in [1.807, 2.05) is 30.3 Å². The summed E-state index contributed by atoms with van der Waals surface area (Å²) in [6.45, 7) is 0.757. The van der Waals surface area contributed by atoms with Gasteiger partial charge < -0.3 is 5.32 Å². The van der Waals surface area contributed by atoms with Crippen LogP contribution in [0.1, 0.15) is 37.7 Å². The number of carbonyl (C=O) groups is 1. The third kappa shape index (κ3) is 4.82. The topological polar surface area (TPSA) is 29.1 Å². The molecule has 1 aliphatic rings. The lowest BCUT2D eigenvalue weighted by atomic mass is 9.97. The van der Waals surface area contributed by atoms with Crippen LogP contribution >= 0.6 is 0 Å². The van der Waals surface area contributed by atoms with Crippen molar-refractivity contribution >= 4 is 5.91 Å². The normalized spacial score (nSPS) is 14.1. The molecule has 0 bridgehead atoms. The lowest BCUT2D eigenvalue weighted by molar-refractivity contribution is -0.120. The van der Waals surface area contributed by atoms with Crippen LogP contribution in [0, 0.1) is 0 Å². The highest BCUT2D eigenvalue weighted by Crippen LogP contribution is 2.20. The van der Waals surface area contributed by atoms with Gasteiger partial charge in [0, 0.05) is 6.54 Å². The van der Waals surface area contributed by atoms with E-state index in [-0.39, 0.29) is 5.91 Å². The van der Waals surface area contributed by atoms with Crippen molar-refractivity contribution in [3.8, 4) is 11.1 Å². The Balaban J connectivity index is 1.47. The zero-order valence-electron chi connectivity index (χ0n) is 14.1. The van der Waals surface area contributed by atoms with Gasteiger partial charge in [-0.2, -0.15) is 0 Å². The molecule has 1 amide bonds. The molecule has 124 valence electrons. The van der Waals surface area contributed by atoms with Gasteiger partial charge in [0.1, 0.15) is 0 Å². The predicted octanol–water partition coefficient (Wildman–Crippen LogP) is 4.90. The average molecular weight is 319 g/mol. The van der Waals surface area contributed by atoms with Crippen LogP contribution in [0.4, 0.5) is 0 Å². The van der Waals surface area contributed by atoms with E-state index in [9.17, 15) is 4.79 Å². The minimum absolute atomic E-state index is 0.110. The first-order chi connectivity index (χ1) is 11.8. The number of hydrogen-bond donors (Lipinski definition) is 1. The number of rotatable bonds is 6. The molecule has 0 atom stereocenters. The van der Waals surface area contributed by atoms with Crippen molar-refractivity contribution in [2.75, 3.05) is 6.54 Å². The highest BCUT2D eigenvalue weighted by molar-refractivity contribution is 5.78. The van der Waals surface area contributed by atoms with E-state index in [1.54, 1.807) is 0 Å². The molecule has 0 radical (unpaired) electrons. The molecule has 1 N–H and O–H groups in total. The van der Waals surface area contributed by atoms with Crippen molar-refractivity contribution in [1.82, 2.24) is 5.32 Å². The summed E-state index contributed by atoms with van der Waals surface area (Å²) in [4.78, 5) is 12.1. The summed E-state index contributed by atoms with van der Waals surface area (Å²) in [7, 11) is 0. The highest BCUT2D eigenvalue weighted by atomic mass is 16.1. The zero-order chi connectivity index (χ0) is 16.6. The molecular formula is C22H25NO. The number of amides is 1. The van der Waals surface area contributed by atoms with Crippen LogP contribution in [0.15, 0.2) is 66.2 Å². The summed E-state index contributed by atoms with van der Waals surface area (Å²) >= 11 is 0. The van der Waals surface area contributed by atoms with E-state index < -0.39 is 0 Å². The van der Waals surface area contributed by atoms with E-state index in [1.165, 1.54) is 42.4 Å². The van der Waals surface area contributed by atoms with Crippen LogP contribution in [-0.2, 0) is 11.2 Å². The Kier molecular flexibility index (Phi) is 5.84. The Bertz CT molecular complexity index is 686. The van der Waals surface area contributed by atoms with Crippen LogP contribution < -0.4 is 5.32 Å². The first kappa shape index (κ1) is 16.5. The van der Waals surface area contributed by atoms with Crippen molar-refractivity contribution in [2.24, 2.45) is 0 Å². The van der Waals surface area contributed by atoms with Gasteiger partial charge in [0.15, 0.2) is 0 Å². The van der Waals surface area contributed by atoms with Crippen LogP contribution in [0.25, 0.3) is 11.1 Å². The molecule has 0 unspecified atom stereocenters. The van der Waals surface area contributed by atoms with Gasteiger partial charge in [-0.25, -0.2) is 0 Å². The fraction of sp³-hybridized carbons (Fsp3) is 0.318. The number of hydrogen-bond acceptors (Lipinski definition) is 1. The van der Waals surface area contributed by atoms with Gasteiger partial charge in [0.25, 0.3) is 0 Å². The number of nitrogens with one attached hydrogen (secondary N) is 1. The van der Waals surface area contributed by atoms with E-state index in [0.29, 0.717) is 6.42 Å². The Morgan fingerprint density at radius 1 is 0.917 bits per heavy atom. The van der Waals surface area contributed by atoms with Gasteiger partial charge in [0.05, 0.1) is 6.42 Å². The van der Waals surface area contributed by atoms with Crippen LogP contribution in [0.3, 0.4) is 0 Å². The molecule has 0 spiro atoms. The highest BCUT2D eigenvalue weighted by Gasteiger charge is 2.06. The van der Waals surface area contributed by atoms with Crippen LogP contribution in [0.2, 0.25) is 0 Å². The number of benzene rings is 2. The van der Waals surface area contributed by atoms with E-state index in [4.69, 9.17) is 0 Å². The molecule has 0 aromatic heterocycles. The Morgan fingerprint density at radius 2 is 1.67 bits per heavy atom. The molecule has 24 heavy (non-hydrogen) atoms. The van der Waals surface area contributed by atoms with Crippen molar-refractivity contribution in [3.05, 3.63) is 71.8 Å². The Labute approximate surface area is 144 Å². The van der Waals surface area contributed by atoms with E-state index >= 15 is 0 Å². The summed E-state index contributed by atoms with van der Waals surface area (Å²) < 4.78 is 0. The minimum Gasteiger partial charge on any atom is -0.355 e. The van der Waals surface area contributed by atoms with Crippen molar-refractivity contribution < 1.29 is 4.79 Å². The van der Waals surface area contributed by atoms with E-state index in [2.05, 4.69) is 35.7 Å². The Morgan fingerprint density at radius 3 is 2.38 bits per heavy atom. The van der Waals surface area contributed by atoms with Crippen molar-refractivity contribution in [3.63, 3.8) is 0 Å². The van der Waals surface area contributed by atoms with Crippen LogP contribution in [0.5, 0.6) is 0 Å².